The first-order chi connectivity index (χ1) is 14.5. The maximum atomic E-state index is 12.3. The summed E-state index contributed by atoms with van der Waals surface area (Å²) in [4.78, 5) is 24.6. The molecular formula is C19H21N7O2S2. The van der Waals surface area contributed by atoms with E-state index < -0.39 is 0 Å². The molecule has 1 aliphatic carbocycles. The maximum Gasteiger partial charge on any atom is 0.251 e. The van der Waals surface area contributed by atoms with Gasteiger partial charge in [0, 0.05) is 18.5 Å². The molecule has 2 heterocycles. The van der Waals surface area contributed by atoms with E-state index in [1.54, 1.807) is 16.7 Å². The van der Waals surface area contributed by atoms with Crippen molar-refractivity contribution in [3.63, 3.8) is 0 Å². The molecule has 2 N–H and O–H groups in total. The molecule has 30 heavy (non-hydrogen) atoms. The van der Waals surface area contributed by atoms with E-state index in [1.165, 1.54) is 23.1 Å². The van der Waals surface area contributed by atoms with E-state index in [0.717, 1.165) is 17.8 Å². The second-order valence-electron chi connectivity index (χ2n) is 7.02. The molecule has 0 spiro atoms. The zero-order valence-corrected chi connectivity index (χ0v) is 18.2. The van der Waals surface area contributed by atoms with Crippen LogP contribution in [0.15, 0.2) is 35.5 Å². The fourth-order valence-corrected chi connectivity index (χ4v) is 4.48. The summed E-state index contributed by atoms with van der Waals surface area (Å²) >= 11 is 2.71. The van der Waals surface area contributed by atoms with Crippen LogP contribution in [0.3, 0.4) is 0 Å². The highest BCUT2D eigenvalue weighted by atomic mass is 32.2. The minimum atomic E-state index is -0.333. The monoisotopic (exact) mass is 443 g/mol. The van der Waals surface area contributed by atoms with E-state index in [0.29, 0.717) is 27.6 Å². The molecule has 1 unspecified atom stereocenters. The van der Waals surface area contributed by atoms with E-state index in [-0.39, 0.29) is 23.6 Å². The number of hydrogen-bond donors (Lipinski definition) is 2. The molecule has 1 atom stereocenters. The lowest BCUT2D eigenvalue weighted by Gasteiger charge is -2.13. The molecular weight excluding hydrogens is 422 g/mol. The van der Waals surface area contributed by atoms with Crippen molar-refractivity contribution in [3.05, 3.63) is 46.7 Å². The highest BCUT2D eigenvalue weighted by molar-refractivity contribution is 7.99. The van der Waals surface area contributed by atoms with Gasteiger partial charge in [-0.05, 0) is 31.9 Å². The van der Waals surface area contributed by atoms with Crippen LogP contribution in [-0.2, 0) is 11.8 Å². The van der Waals surface area contributed by atoms with Gasteiger partial charge in [0.05, 0.1) is 11.8 Å². The quantitative estimate of drug-likeness (QED) is 0.515. The number of carbonyl (C=O) groups is 2. The smallest absolute Gasteiger partial charge is 0.251 e. The Morgan fingerprint density at radius 3 is 2.70 bits per heavy atom. The normalized spacial score (nSPS) is 14.3. The summed E-state index contributed by atoms with van der Waals surface area (Å²) in [6.07, 6.45) is 2.30. The second-order valence-corrected chi connectivity index (χ2v) is 8.97. The minimum absolute atomic E-state index is 0.173. The number of anilines is 1. The third-order valence-electron chi connectivity index (χ3n) is 4.59. The SMILES string of the molecule is CC(NC(=O)c1ccccc1)c1nnc(SCC(=O)Nc2nnc(C3CC3)s2)n1C. The highest BCUT2D eigenvalue weighted by Crippen LogP contribution is 2.42. The van der Waals surface area contributed by atoms with Gasteiger partial charge >= 0.3 is 0 Å². The van der Waals surface area contributed by atoms with Gasteiger partial charge in [-0.25, -0.2) is 0 Å². The van der Waals surface area contributed by atoms with Gasteiger partial charge in [0.1, 0.15) is 5.01 Å². The number of hydrogen-bond acceptors (Lipinski definition) is 8. The molecule has 1 fully saturated rings. The van der Waals surface area contributed by atoms with Crippen molar-refractivity contribution in [1.29, 1.82) is 0 Å². The zero-order valence-electron chi connectivity index (χ0n) is 16.5. The molecule has 0 saturated heterocycles. The van der Waals surface area contributed by atoms with E-state index in [9.17, 15) is 9.59 Å². The lowest BCUT2D eigenvalue weighted by atomic mass is 10.2. The molecule has 1 aliphatic rings. The van der Waals surface area contributed by atoms with Crippen LogP contribution in [0.2, 0.25) is 0 Å². The lowest BCUT2D eigenvalue weighted by molar-refractivity contribution is -0.113. The van der Waals surface area contributed by atoms with Crippen molar-refractivity contribution in [2.24, 2.45) is 7.05 Å². The van der Waals surface area contributed by atoms with E-state index in [2.05, 4.69) is 31.0 Å². The van der Waals surface area contributed by atoms with Crippen molar-refractivity contribution in [2.45, 2.75) is 36.9 Å². The van der Waals surface area contributed by atoms with E-state index in [1.807, 2.05) is 32.2 Å². The molecule has 11 heteroatoms. The summed E-state index contributed by atoms with van der Waals surface area (Å²) in [5, 5.41) is 24.3. The fraction of sp³-hybridized carbons (Fsp3) is 0.368. The van der Waals surface area contributed by atoms with Crippen LogP contribution in [0.4, 0.5) is 5.13 Å². The van der Waals surface area contributed by atoms with Gasteiger partial charge in [-0.2, -0.15) is 0 Å². The number of benzene rings is 1. The Hall–Kier alpha value is -2.79. The first-order valence-electron chi connectivity index (χ1n) is 9.52. The molecule has 156 valence electrons. The van der Waals surface area contributed by atoms with Gasteiger partial charge in [0.25, 0.3) is 5.91 Å². The summed E-state index contributed by atoms with van der Waals surface area (Å²) in [6, 6.07) is 8.67. The first-order valence-corrected chi connectivity index (χ1v) is 11.3. The maximum absolute atomic E-state index is 12.3. The second kappa shape index (κ2) is 8.92. The number of aromatic nitrogens is 5. The number of carbonyl (C=O) groups excluding carboxylic acids is 2. The summed E-state index contributed by atoms with van der Waals surface area (Å²) in [5.41, 5.74) is 0.583. The standard InChI is InChI=1S/C19H21N7O2S2/c1-11(20-16(28)12-6-4-3-5-7-12)15-22-25-19(26(15)2)29-10-14(27)21-18-24-23-17(30-18)13-8-9-13/h3-7,11,13H,8-10H2,1-2H3,(H,20,28)(H,21,24,27). The summed E-state index contributed by atoms with van der Waals surface area (Å²) in [6.45, 7) is 1.85. The van der Waals surface area contributed by atoms with Gasteiger partial charge in [0.2, 0.25) is 11.0 Å². The van der Waals surface area contributed by atoms with Gasteiger partial charge in [-0.3, -0.25) is 14.9 Å². The van der Waals surface area contributed by atoms with Crippen LogP contribution in [0.5, 0.6) is 0 Å². The van der Waals surface area contributed by atoms with Crippen LogP contribution in [0.25, 0.3) is 0 Å². The van der Waals surface area contributed by atoms with Crippen molar-refractivity contribution < 1.29 is 9.59 Å². The highest BCUT2D eigenvalue weighted by Gasteiger charge is 2.27. The topological polar surface area (TPSA) is 115 Å². The van der Waals surface area contributed by atoms with E-state index >= 15 is 0 Å². The predicted octanol–water partition coefficient (Wildman–Crippen LogP) is 2.77. The molecule has 0 radical (unpaired) electrons. The Morgan fingerprint density at radius 1 is 1.20 bits per heavy atom. The summed E-state index contributed by atoms with van der Waals surface area (Å²) in [5.74, 6) is 0.954. The molecule has 0 bridgehead atoms. The fourth-order valence-electron chi connectivity index (χ4n) is 2.83. The molecule has 4 rings (SSSR count). The van der Waals surface area contributed by atoms with Crippen LogP contribution < -0.4 is 10.6 Å². The van der Waals surface area contributed by atoms with Crippen molar-refractivity contribution >= 4 is 40.0 Å². The van der Waals surface area contributed by atoms with Crippen LogP contribution >= 0.6 is 23.1 Å². The zero-order chi connectivity index (χ0) is 21.1. The van der Waals surface area contributed by atoms with Crippen molar-refractivity contribution in [2.75, 3.05) is 11.1 Å². The van der Waals surface area contributed by atoms with Gasteiger partial charge in [-0.1, -0.05) is 41.3 Å². The Morgan fingerprint density at radius 2 is 1.97 bits per heavy atom. The van der Waals surface area contributed by atoms with Crippen LogP contribution in [-0.4, -0.2) is 42.5 Å². The summed E-state index contributed by atoms with van der Waals surface area (Å²) < 4.78 is 1.78. The number of nitrogens with zero attached hydrogens (tertiary/aromatic N) is 5. The molecule has 1 saturated carbocycles. The number of thioether (sulfide) groups is 1. The molecule has 3 aromatic rings. The van der Waals surface area contributed by atoms with Crippen LogP contribution in [0, 0.1) is 0 Å². The molecule has 2 amide bonds. The Bertz CT molecular complexity index is 1050. The third kappa shape index (κ3) is 4.85. The third-order valence-corrected chi connectivity index (χ3v) is 6.61. The van der Waals surface area contributed by atoms with Crippen molar-refractivity contribution in [1.82, 2.24) is 30.3 Å². The van der Waals surface area contributed by atoms with Gasteiger partial charge < -0.3 is 9.88 Å². The number of rotatable bonds is 8. The Balaban J connectivity index is 1.31. The van der Waals surface area contributed by atoms with Gasteiger partial charge in [0.15, 0.2) is 11.0 Å². The Kier molecular flexibility index (Phi) is 6.09. The van der Waals surface area contributed by atoms with Gasteiger partial charge in [-0.15, -0.1) is 20.4 Å². The van der Waals surface area contributed by atoms with Crippen LogP contribution in [0.1, 0.15) is 52.9 Å². The minimum Gasteiger partial charge on any atom is -0.342 e. The van der Waals surface area contributed by atoms with Crippen molar-refractivity contribution in [3.8, 4) is 0 Å². The Labute approximate surface area is 181 Å². The largest absolute Gasteiger partial charge is 0.342 e. The molecule has 9 nitrogen and oxygen atoms in total. The molecule has 2 aromatic heterocycles. The average Bonchev–Trinajstić information content (AvgIpc) is 3.38. The lowest BCUT2D eigenvalue weighted by Crippen LogP contribution is -2.28. The molecule has 0 aliphatic heterocycles. The number of nitrogens with one attached hydrogen (secondary N) is 2. The predicted molar refractivity (Wildman–Crippen MR) is 115 cm³/mol. The summed E-state index contributed by atoms with van der Waals surface area (Å²) in [7, 11) is 1.81. The average molecular weight is 444 g/mol. The first kappa shape index (κ1) is 20.5. The van der Waals surface area contributed by atoms with E-state index in [4.69, 9.17) is 0 Å². The molecule has 1 aromatic carbocycles. The number of amides is 2.